The zero-order chi connectivity index (χ0) is 22.5. The smallest absolute Gasteiger partial charge is 0.290 e. The molecule has 1 N–H and O–H groups in total. The molecule has 174 valence electrons. The zero-order valence-electron chi connectivity index (χ0n) is 18.3. The van der Waals surface area contributed by atoms with Gasteiger partial charge in [0.05, 0.1) is 13.1 Å². The van der Waals surface area contributed by atoms with Gasteiger partial charge in [-0.2, -0.15) is 13.8 Å². The average molecular weight is 450 g/mol. The molecule has 2 amide bonds. The Morgan fingerprint density at radius 2 is 1.94 bits per heavy atom. The van der Waals surface area contributed by atoms with E-state index in [2.05, 4.69) is 15.3 Å². The van der Waals surface area contributed by atoms with E-state index in [4.69, 9.17) is 0 Å². The standard InChI is InChI=1S/C21H29F2N7O2/c1-14-3-7-30(14)20-25-18-15(2-4-21(18,22)23)19(26-20)29-11-10-28(17(32)13-29)12-16(31)27-8-5-24-6-9-27/h14,24H,2-13H2,1H3/t14-/m0/s1. The molecule has 4 heterocycles. The highest BCUT2D eigenvalue weighted by Gasteiger charge is 2.45. The van der Waals surface area contributed by atoms with Crippen LogP contribution in [0, 0.1) is 0 Å². The Hall–Kier alpha value is -2.56. The maximum Gasteiger partial charge on any atom is 0.290 e. The molecular weight excluding hydrogens is 420 g/mol. The SMILES string of the molecule is C[C@H]1CCN1c1nc(N2CCN(CC(=O)N3CCNCC3)C(=O)C2)c2c(n1)C(F)(F)CC2. The summed E-state index contributed by atoms with van der Waals surface area (Å²) in [5.74, 6) is -2.44. The maximum absolute atomic E-state index is 14.6. The van der Waals surface area contributed by atoms with Crippen LogP contribution in [0.25, 0.3) is 0 Å². The van der Waals surface area contributed by atoms with Gasteiger partial charge in [-0.3, -0.25) is 9.59 Å². The molecule has 0 saturated carbocycles. The highest BCUT2D eigenvalue weighted by atomic mass is 19.3. The highest BCUT2D eigenvalue weighted by Crippen LogP contribution is 2.45. The molecule has 1 aromatic rings. The number of anilines is 2. The van der Waals surface area contributed by atoms with Crippen LogP contribution in [0.4, 0.5) is 20.5 Å². The molecule has 1 atom stereocenters. The Labute approximate surface area is 185 Å². The molecule has 0 radical (unpaired) electrons. The number of aromatic nitrogens is 2. The Kier molecular flexibility index (Phi) is 5.39. The number of carbonyl (C=O) groups excluding carboxylic acids is 2. The summed E-state index contributed by atoms with van der Waals surface area (Å²) in [6, 6.07) is 0.213. The topological polar surface area (TPSA) is 84.9 Å². The normalized spacial score (nSPS) is 25.1. The van der Waals surface area contributed by atoms with E-state index in [0.717, 1.165) is 26.1 Å². The molecule has 1 aliphatic carbocycles. The van der Waals surface area contributed by atoms with Crippen molar-refractivity contribution in [1.29, 1.82) is 0 Å². The molecule has 32 heavy (non-hydrogen) atoms. The highest BCUT2D eigenvalue weighted by molar-refractivity contribution is 5.88. The predicted octanol–water partition coefficient (Wildman–Crippen LogP) is 0.194. The summed E-state index contributed by atoms with van der Waals surface area (Å²) >= 11 is 0. The molecule has 0 bridgehead atoms. The third-order valence-electron chi connectivity index (χ3n) is 7.00. The van der Waals surface area contributed by atoms with Gasteiger partial charge in [-0.1, -0.05) is 0 Å². The van der Waals surface area contributed by atoms with E-state index in [1.807, 2.05) is 11.8 Å². The molecule has 0 spiro atoms. The fourth-order valence-electron chi connectivity index (χ4n) is 4.83. The van der Waals surface area contributed by atoms with Crippen LogP contribution < -0.4 is 15.1 Å². The van der Waals surface area contributed by atoms with Crippen molar-refractivity contribution >= 4 is 23.6 Å². The Morgan fingerprint density at radius 1 is 1.16 bits per heavy atom. The van der Waals surface area contributed by atoms with Crippen molar-refractivity contribution in [2.45, 2.75) is 38.2 Å². The van der Waals surface area contributed by atoms with Gasteiger partial charge < -0.3 is 24.9 Å². The molecule has 3 aliphatic heterocycles. The predicted molar refractivity (Wildman–Crippen MR) is 114 cm³/mol. The number of hydrogen-bond donors (Lipinski definition) is 1. The maximum atomic E-state index is 14.6. The molecule has 0 aromatic carbocycles. The first kappa shape index (κ1) is 21.3. The van der Waals surface area contributed by atoms with Crippen molar-refractivity contribution in [2.24, 2.45) is 0 Å². The molecule has 1 aromatic heterocycles. The van der Waals surface area contributed by atoms with Crippen LogP contribution in [0.1, 0.15) is 31.0 Å². The van der Waals surface area contributed by atoms with E-state index in [1.54, 1.807) is 14.7 Å². The lowest BCUT2D eigenvalue weighted by Crippen LogP contribution is -2.55. The number of hydrogen-bond acceptors (Lipinski definition) is 7. The molecule has 5 rings (SSSR count). The van der Waals surface area contributed by atoms with Gasteiger partial charge in [-0.25, -0.2) is 4.98 Å². The van der Waals surface area contributed by atoms with Crippen LogP contribution in [-0.4, -0.2) is 96.5 Å². The number of piperazine rings is 2. The molecule has 0 unspecified atom stereocenters. The molecule has 11 heteroatoms. The van der Waals surface area contributed by atoms with Crippen molar-refractivity contribution < 1.29 is 18.4 Å². The van der Waals surface area contributed by atoms with Crippen molar-refractivity contribution in [3.8, 4) is 0 Å². The zero-order valence-corrected chi connectivity index (χ0v) is 18.3. The minimum Gasteiger partial charge on any atom is -0.345 e. The van der Waals surface area contributed by atoms with E-state index in [0.29, 0.717) is 43.5 Å². The first-order valence-corrected chi connectivity index (χ1v) is 11.4. The molecule has 4 aliphatic rings. The second-order valence-corrected chi connectivity index (χ2v) is 9.08. The number of halogens is 2. The summed E-state index contributed by atoms with van der Waals surface area (Å²) in [5.41, 5.74) is 0.255. The lowest BCUT2D eigenvalue weighted by atomic mass is 10.1. The van der Waals surface area contributed by atoms with E-state index >= 15 is 0 Å². The summed E-state index contributed by atoms with van der Waals surface area (Å²) < 4.78 is 29.1. The van der Waals surface area contributed by atoms with Gasteiger partial charge in [0.1, 0.15) is 11.5 Å². The van der Waals surface area contributed by atoms with E-state index in [1.165, 1.54) is 0 Å². The second kappa shape index (κ2) is 8.09. The van der Waals surface area contributed by atoms with Gasteiger partial charge in [0, 0.05) is 63.8 Å². The van der Waals surface area contributed by atoms with Crippen LogP contribution in [0.5, 0.6) is 0 Å². The first-order chi connectivity index (χ1) is 15.3. The summed E-state index contributed by atoms with van der Waals surface area (Å²) in [7, 11) is 0. The Balaban J connectivity index is 1.33. The Morgan fingerprint density at radius 3 is 2.59 bits per heavy atom. The third kappa shape index (κ3) is 3.76. The number of carbonyl (C=O) groups is 2. The molecular formula is C21H29F2N7O2. The number of alkyl halides is 2. The minimum absolute atomic E-state index is 0.0266. The van der Waals surface area contributed by atoms with Crippen molar-refractivity contribution in [3.63, 3.8) is 0 Å². The van der Waals surface area contributed by atoms with Crippen LogP contribution in [0.15, 0.2) is 0 Å². The number of amides is 2. The van der Waals surface area contributed by atoms with Gasteiger partial charge in [0.15, 0.2) is 0 Å². The van der Waals surface area contributed by atoms with Crippen LogP contribution in [-0.2, 0) is 21.9 Å². The number of nitrogens with one attached hydrogen (secondary N) is 1. The lowest BCUT2D eigenvalue weighted by Gasteiger charge is -2.40. The first-order valence-electron chi connectivity index (χ1n) is 11.4. The van der Waals surface area contributed by atoms with Crippen LogP contribution >= 0.6 is 0 Å². The number of fused-ring (bicyclic) bond motifs is 1. The fourth-order valence-corrected chi connectivity index (χ4v) is 4.83. The molecule has 9 nitrogen and oxygen atoms in total. The largest absolute Gasteiger partial charge is 0.345 e. The summed E-state index contributed by atoms with van der Waals surface area (Å²) in [4.78, 5) is 41.4. The third-order valence-corrected chi connectivity index (χ3v) is 7.00. The van der Waals surface area contributed by atoms with Crippen molar-refractivity contribution in [2.75, 3.05) is 68.7 Å². The fraction of sp³-hybridized carbons (Fsp3) is 0.714. The van der Waals surface area contributed by atoms with Gasteiger partial charge in [-0.15, -0.1) is 0 Å². The average Bonchev–Trinajstić information content (AvgIpc) is 3.08. The minimum atomic E-state index is -2.97. The van der Waals surface area contributed by atoms with Crippen molar-refractivity contribution in [1.82, 2.24) is 25.1 Å². The Bertz CT molecular complexity index is 922. The molecule has 3 saturated heterocycles. The lowest BCUT2D eigenvalue weighted by molar-refractivity contribution is -0.140. The van der Waals surface area contributed by atoms with Gasteiger partial charge >= 0.3 is 0 Å². The second-order valence-electron chi connectivity index (χ2n) is 9.08. The monoisotopic (exact) mass is 449 g/mol. The van der Waals surface area contributed by atoms with Crippen molar-refractivity contribution in [3.05, 3.63) is 11.3 Å². The summed E-state index contributed by atoms with van der Waals surface area (Å²) in [6.07, 6.45) is 0.893. The van der Waals surface area contributed by atoms with Crippen LogP contribution in [0.3, 0.4) is 0 Å². The van der Waals surface area contributed by atoms with Crippen LogP contribution in [0.2, 0.25) is 0 Å². The van der Waals surface area contributed by atoms with Gasteiger partial charge in [0.25, 0.3) is 5.92 Å². The number of rotatable bonds is 4. The van der Waals surface area contributed by atoms with Gasteiger partial charge in [0.2, 0.25) is 17.8 Å². The van der Waals surface area contributed by atoms with E-state index < -0.39 is 5.92 Å². The quantitative estimate of drug-likeness (QED) is 0.703. The number of nitrogens with zero attached hydrogens (tertiary/aromatic N) is 6. The van der Waals surface area contributed by atoms with E-state index in [-0.39, 0.29) is 49.5 Å². The summed E-state index contributed by atoms with van der Waals surface area (Å²) in [5, 5.41) is 3.21. The van der Waals surface area contributed by atoms with E-state index in [9.17, 15) is 18.4 Å². The molecule has 3 fully saturated rings. The van der Waals surface area contributed by atoms with Gasteiger partial charge in [-0.05, 0) is 19.8 Å². The summed E-state index contributed by atoms with van der Waals surface area (Å²) in [6.45, 7) is 6.47.